The van der Waals surface area contributed by atoms with Crippen molar-refractivity contribution in [2.75, 3.05) is 0 Å². The Kier molecular flexibility index (Phi) is 6.57. The maximum Gasteiger partial charge on any atom is 0.387 e. The number of hydrogen-bond donors (Lipinski definition) is 2. The number of rotatable bonds is 4. The average molecular weight is 379 g/mol. The first-order valence-corrected chi connectivity index (χ1v) is 8.25. The topological polar surface area (TPSA) is 64.3 Å². The van der Waals surface area contributed by atoms with Crippen molar-refractivity contribution in [1.82, 2.24) is 5.32 Å². The highest BCUT2D eigenvalue weighted by Gasteiger charge is 2.40. The molecule has 0 saturated heterocycles. The fraction of sp³-hybridized carbons (Fsp3) is 0.588. The van der Waals surface area contributed by atoms with Crippen LogP contribution in [0.4, 0.5) is 13.2 Å². The number of nitrogens with one attached hydrogen (secondary N) is 1. The molecule has 2 unspecified atom stereocenters. The van der Waals surface area contributed by atoms with E-state index in [0.29, 0.717) is 11.8 Å². The summed E-state index contributed by atoms with van der Waals surface area (Å²) in [6.45, 7) is -3.12. The Morgan fingerprint density at radius 2 is 1.88 bits per heavy atom. The number of nitrogens with two attached hydrogens (primary N) is 1. The zero-order valence-corrected chi connectivity index (χ0v) is 14.4. The molecule has 25 heavy (non-hydrogen) atoms. The van der Waals surface area contributed by atoms with Gasteiger partial charge < -0.3 is 15.8 Å². The fourth-order valence-electron chi connectivity index (χ4n) is 4.13. The zero-order chi connectivity index (χ0) is 17.3. The number of carbonyl (C=O) groups excluding carboxylic acids is 1. The molecular weight excluding hydrogens is 357 g/mol. The van der Waals surface area contributed by atoms with E-state index in [-0.39, 0.29) is 30.1 Å². The molecule has 0 radical (unpaired) electrons. The van der Waals surface area contributed by atoms with Crippen LogP contribution in [0.25, 0.3) is 0 Å². The third-order valence-corrected chi connectivity index (χ3v) is 5.08. The second kappa shape index (κ2) is 8.27. The number of alkyl halides is 2. The maximum atomic E-state index is 13.3. The van der Waals surface area contributed by atoms with Gasteiger partial charge in [0.1, 0.15) is 11.6 Å². The largest absolute Gasteiger partial charge is 0.434 e. The van der Waals surface area contributed by atoms with Crippen LogP contribution in [0.3, 0.4) is 0 Å². The van der Waals surface area contributed by atoms with Crippen LogP contribution in [-0.2, 0) is 0 Å². The van der Waals surface area contributed by atoms with Gasteiger partial charge in [-0.05, 0) is 49.7 Å². The van der Waals surface area contributed by atoms with Crippen LogP contribution in [0.5, 0.6) is 5.75 Å². The lowest BCUT2D eigenvalue weighted by Gasteiger charge is -2.45. The monoisotopic (exact) mass is 378 g/mol. The molecule has 2 aliphatic rings. The van der Waals surface area contributed by atoms with Crippen molar-refractivity contribution in [2.45, 2.75) is 50.8 Å². The molecule has 2 aliphatic carbocycles. The Hall–Kier alpha value is -1.47. The lowest BCUT2D eigenvalue weighted by molar-refractivity contribution is -0.0503. The van der Waals surface area contributed by atoms with E-state index in [4.69, 9.17) is 5.73 Å². The smallest absolute Gasteiger partial charge is 0.387 e. The van der Waals surface area contributed by atoms with Crippen LogP contribution in [0.15, 0.2) is 18.2 Å². The molecule has 2 fully saturated rings. The van der Waals surface area contributed by atoms with E-state index in [1.54, 1.807) is 0 Å². The standard InChI is InChI=1S/C17H21F3N2O2.ClH/c18-11-4-5-13(14(8-11)24-17(19)20)16(23)22-15-9-2-1-3-10(15)7-12(21)6-9;/h4-5,8-10,12,15,17H,1-3,6-7,21H2,(H,22,23);1H. The second-order valence-corrected chi connectivity index (χ2v) is 6.70. The lowest BCUT2D eigenvalue weighted by Crippen LogP contribution is -2.53. The fourth-order valence-corrected chi connectivity index (χ4v) is 4.13. The number of benzene rings is 1. The van der Waals surface area contributed by atoms with Gasteiger partial charge >= 0.3 is 6.61 Å². The Morgan fingerprint density at radius 3 is 2.48 bits per heavy atom. The molecule has 140 valence electrons. The normalized spacial score (nSPS) is 28.2. The maximum absolute atomic E-state index is 13.3. The molecule has 1 aromatic carbocycles. The van der Waals surface area contributed by atoms with Gasteiger partial charge in [-0.2, -0.15) is 8.78 Å². The van der Waals surface area contributed by atoms with Gasteiger partial charge in [0.15, 0.2) is 0 Å². The van der Waals surface area contributed by atoms with E-state index in [2.05, 4.69) is 10.1 Å². The molecule has 1 aromatic rings. The van der Waals surface area contributed by atoms with Crippen LogP contribution < -0.4 is 15.8 Å². The zero-order valence-electron chi connectivity index (χ0n) is 13.6. The molecule has 3 N–H and O–H groups in total. The SMILES string of the molecule is Cl.NC1CC2CCCC(C1)C2NC(=O)c1ccc(F)cc1OC(F)F. The number of halogens is 4. The highest BCUT2D eigenvalue weighted by atomic mass is 35.5. The van der Waals surface area contributed by atoms with Crippen molar-refractivity contribution < 1.29 is 22.7 Å². The minimum atomic E-state index is -3.12. The van der Waals surface area contributed by atoms with Gasteiger partial charge in [-0.25, -0.2) is 4.39 Å². The predicted octanol–water partition coefficient (Wildman–Crippen LogP) is 3.48. The molecule has 8 heteroatoms. The average Bonchev–Trinajstić information content (AvgIpc) is 2.47. The van der Waals surface area contributed by atoms with Crippen molar-refractivity contribution >= 4 is 18.3 Å². The van der Waals surface area contributed by atoms with Gasteiger partial charge in [-0.1, -0.05) is 6.42 Å². The summed E-state index contributed by atoms with van der Waals surface area (Å²) < 4.78 is 42.6. The van der Waals surface area contributed by atoms with Gasteiger partial charge in [0.25, 0.3) is 5.91 Å². The summed E-state index contributed by atoms with van der Waals surface area (Å²) in [5.74, 6) is -1.08. The molecule has 4 nitrogen and oxygen atoms in total. The third kappa shape index (κ3) is 4.58. The molecule has 2 bridgehead atoms. The molecule has 2 saturated carbocycles. The minimum absolute atomic E-state index is 0. The number of amides is 1. The number of hydrogen-bond acceptors (Lipinski definition) is 3. The van der Waals surface area contributed by atoms with Crippen LogP contribution >= 0.6 is 12.4 Å². The first-order valence-electron chi connectivity index (χ1n) is 8.25. The molecular formula is C17H22ClF3N2O2. The Balaban J connectivity index is 0.00000225. The number of ether oxygens (including phenoxy) is 1. The lowest BCUT2D eigenvalue weighted by atomic mass is 9.67. The van der Waals surface area contributed by atoms with Gasteiger partial charge in [0, 0.05) is 18.2 Å². The molecule has 3 rings (SSSR count). The van der Waals surface area contributed by atoms with Crippen molar-refractivity contribution in [3.05, 3.63) is 29.6 Å². The van der Waals surface area contributed by atoms with E-state index in [9.17, 15) is 18.0 Å². The molecule has 0 aliphatic heterocycles. The van der Waals surface area contributed by atoms with Crippen molar-refractivity contribution in [3.8, 4) is 5.75 Å². The molecule has 2 atom stereocenters. The summed E-state index contributed by atoms with van der Waals surface area (Å²) in [5.41, 5.74) is 5.99. The summed E-state index contributed by atoms with van der Waals surface area (Å²) in [6.07, 6.45) is 4.82. The predicted molar refractivity (Wildman–Crippen MR) is 89.6 cm³/mol. The number of fused-ring (bicyclic) bond motifs is 2. The molecule has 1 amide bonds. The second-order valence-electron chi connectivity index (χ2n) is 6.70. The first kappa shape index (κ1) is 19.8. The van der Waals surface area contributed by atoms with Crippen molar-refractivity contribution in [2.24, 2.45) is 17.6 Å². The third-order valence-electron chi connectivity index (χ3n) is 5.08. The Labute approximate surface area is 150 Å². The Morgan fingerprint density at radius 1 is 1.24 bits per heavy atom. The van der Waals surface area contributed by atoms with Crippen LogP contribution in [0, 0.1) is 17.7 Å². The van der Waals surface area contributed by atoms with E-state index in [1.165, 1.54) is 6.07 Å². The van der Waals surface area contributed by atoms with Gasteiger partial charge in [0.2, 0.25) is 0 Å². The van der Waals surface area contributed by atoms with Gasteiger partial charge in [-0.3, -0.25) is 4.79 Å². The summed E-state index contributed by atoms with van der Waals surface area (Å²) in [7, 11) is 0. The van der Waals surface area contributed by atoms with Crippen LogP contribution in [0.1, 0.15) is 42.5 Å². The first-order chi connectivity index (χ1) is 11.4. The summed E-state index contributed by atoms with van der Waals surface area (Å²) in [6, 6.07) is 3.17. The van der Waals surface area contributed by atoms with E-state index >= 15 is 0 Å². The summed E-state index contributed by atoms with van der Waals surface area (Å²) in [4.78, 5) is 12.5. The molecule has 0 aromatic heterocycles. The summed E-state index contributed by atoms with van der Waals surface area (Å²) >= 11 is 0. The van der Waals surface area contributed by atoms with E-state index in [1.807, 2.05) is 0 Å². The van der Waals surface area contributed by atoms with Gasteiger partial charge in [-0.15, -0.1) is 12.4 Å². The van der Waals surface area contributed by atoms with Crippen molar-refractivity contribution in [3.63, 3.8) is 0 Å². The number of carbonyl (C=O) groups is 1. The van der Waals surface area contributed by atoms with Crippen molar-refractivity contribution in [1.29, 1.82) is 0 Å². The molecule has 0 spiro atoms. The van der Waals surface area contributed by atoms with Crippen LogP contribution in [0.2, 0.25) is 0 Å². The minimum Gasteiger partial charge on any atom is -0.434 e. The highest BCUT2D eigenvalue weighted by Crippen LogP contribution is 2.40. The molecule has 0 heterocycles. The highest BCUT2D eigenvalue weighted by molar-refractivity contribution is 5.97. The van der Waals surface area contributed by atoms with Crippen LogP contribution in [-0.4, -0.2) is 24.6 Å². The Bertz CT molecular complexity index is 604. The van der Waals surface area contributed by atoms with E-state index in [0.717, 1.165) is 44.2 Å². The van der Waals surface area contributed by atoms with E-state index < -0.39 is 24.1 Å². The van der Waals surface area contributed by atoms with Gasteiger partial charge in [0.05, 0.1) is 5.56 Å². The quantitative estimate of drug-likeness (QED) is 0.843. The summed E-state index contributed by atoms with van der Waals surface area (Å²) in [5, 5.41) is 2.95.